The zero-order valence-electron chi connectivity index (χ0n) is 11.0. The van der Waals surface area contributed by atoms with Gasteiger partial charge in [-0.2, -0.15) is 0 Å². The van der Waals surface area contributed by atoms with Crippen molar-refractivity contribution in [1.29, 1.82) is 0 Å². The molecule has 0 bridgehead atoms. The Labute approximate surface area is 112 Å². The van der Waals surface area contributed by atoms with Crippen molar-refractivity contribution in [2.75, 3.05) is 20.3 Å². The SMILES string of the molecule is COCCCCCNC(=O)c1cccc(C(=O)O)c1. The minimum atomic E-state index is -1.03. The van der Waals surface area contributed by atoms with E-state index in [-0.39, 0.29) is 11.5 Å². The second-order valence-electron chi connectivity index (χ2n) is 4.20. The molecule has 19 heavy (non-hydrogen) atoms. The lowest BCUT2D eigenvalue weighted by Crippen LogP contribution is -2.24. The standard InChI is InChI=1S/C14H19NO4/c1-19-9-4-2-3-8-15-13(16)11-6-5-7-12(10-11)14(17)18/h5-7,10H,2-4,8-9H2,1H3,(H,15,16)(H,17,18). The van der Waals surface area contributed by atoms with Crippen LogP contribution >= 0.6 is 0 Å². The number of carboxylic acids is 1. The Hall–Kier alpha value is -1.88. The number of rotatable bonds is 8. The summed E-state index contributed by atoms with van der Waals surface area (Å²) in [6, 6.07) is 6.01. The van der Waals surface area contributed by atoms with Crippen molar-refractivity contribution in [3.8, 4) is 0 Å². The van der Waals surface area contributed by atoms with Crippen LogP contribution in [-0.2, 0) is 4.74 Å². The Balaban J connectivity index is 2.37. The molecule has 0 fully saturated rings. The van der Waals surface area contributed by atoms with Crippen molar-refractivity contribution in [2.24, 2.45) is 0 Å². The van der Waals surface area contributed by atoms with Gasteiger partial charge in [0.15, 0.2) is 0 Å². The zero-order valence-corrected chi connectivity index (χ0v) is 11.0. The second-order valence-corrected chi connectivity index (χ2v) is 4.20. The maximum Gasteiger partial charge on any atom is 0.335 e. The third-order valence-corrected chi connectivity index (χ3v) is 2.68. The van der Waals surface area contributed by atoms with Crippen LogP contribution < -0.4 is 5.32 Å². The van der Waals surface area contributed by atoms with Gasteiger partial charge in [0.25, 0.3) is 5.91 Å². The lowest BCUT2D eigenvalue weighted by Gasteiger charge is -2.05. The Morgan fingerprint density at radius 1 is 1.21 bits per heavy atom. The molecule has 0 aliphatic carbocycles. The number of hydrogen-bond acceptors (Lipinski definition) is 3. The fraction of sp³-hybridized carbons (Fsp3) is 0.429. The van der Waals surface area contributed by atoms with Gasteiger partial charge in [0.1, 0.15) is 0 Å². The predicted octanol–water partition coefficient (Wildman–Crippen LogP) is 1.93. The van der Waals surface area contributed by atoms with Crippen LogP contribution in [0.25, 0.3) is 0 Å². The van der Waals surface area contributed by atoms with Crippen molar-refractivity contribution in [3.63, 3.8) is 0 Å². The van der Waals surface area contributed by atoms with E-state index in [9.17, 15) is 9.59 Å². The minimum Gasteiger partial charge on any atom is -0.478 e. The number of hydrogen-bond donors (Lipinski definition) is 2. The lowest BCUT2D eigenvalue weighted by molar-refractivity contribution is 0.0697. The van der Waals surface area contributed by atoms with E-state index < -0.39 is 5.97 Å². The highest BCUT2D eigenvalue weighted by Gasteiger charge is 2.08. The largest absolute Gasteiger partial charge is 0.478 e. The molecule has 0 aliphatic rings. The van der Waals surface area contributed by atoms with E-state index in [1.165, 1.54) is 12.1 Å². The molecule has 0 spiro atoms. The van der Waals surface area contributed by atoms with Crippen molar-refractivity contribution < 1.29 is 19.4 Å². The molecule has 1 rings (SSSR count). The molecule has 0 saturated heterocycles. The van der Waals surface area contributed by atoms with Gasteiger partial charge in [0, 0.05) is 25.8 Å². The molecule has 0 saturated carbocycles. The maximum atomic E-state index is 11.8. The zero-order chi connectivity index (χ0) is 14.1. The van der Waals surface area contributed by atoms with E-state index in [1.54, 1.807) is 19.2 Å². The van der Waals surface area contributed by atoms with Gasteiger partial charge in [-0.05, 0) is 37.5 Å². The first kappa shape index (κ1) is 15.2. The van der Waals surface area contributed by atoms with Gasteiger partial charge >= 0.3 is 5.97 Å². The highest BCUT2D eigenvalue weighted by Crippen LogP contribution is 2.05. The van der Waals surface area contributed by atoms with Gasteiger partial charge < -0.3 is 15.2 Å². The number of carboxylic acid groups (broad SMARTS) is 1. The third kappa shape index (κ3) is 5.52. The first-order valence-corrected chi connectivity index (χ1v) is 6.25. The average molecular weight is 265 g/mol. The van der Waals surface area contributed by atoms with Gasteiger partial charge in [-0.25, -0.2) is 4.79 Å². The summed E-state index contributed by atoms with van der Waals surface area (Å²) in [6.45, 7) is 1.31. The number of aromatic carboxylic acids is 1. The second kappa shape index (κ2) is 8.26. The highest BCUT2D eigenvalue weighted by atomic mass is 16.5. The van der Waals surface area contributed by atoms with Crippen LogP contribution in [-0.4, -0.2) is 37.2 Å². The molecule has 0 aromatic heterocycles. The number of unbranched alkanes of at least 4 members (excludes halogenated alkanes) is 2. The summed E-state index contributed by atoms with van der Waals surface area (Å²) < 4.78 is 4.93. The molecular weight excluding hydrogens is 246 g/mol. The van der Waals surface area contributed by atoms with Gasteiger partial charge in [0.2, 0.25) is 0 Å². The molecule has 5 heteroatoms. The summed E-state index contributed by atoms with van der Waals surface area (Å²) in [5.41, 5.74) is 0.490. The molecular formula is C14H19NO4. The van der Waals surface area contributed by atoms with Crippen LogP contribution in [0.4, 0.5) is 0 Å². The molecule has 5 nitrogen and oxygen atoms in total. The predicted molar refractivity (Wildman–Crippen MR) is 71.5 cm³/mol. The van der Waals surface area contributed by atoms with E-state index in [1.807, 2.05) is 0 Å². The van der Waals surface area contributed by atoms with E-state index in [0.717, 1.165) is 25.9 Å². The van der Waals surface area contributed by atoms with Crippen molar-refractivity contribution in [3.05, 3.63) is 35.4 Å². The van der Waals surface area contributed by atoms with Gasteiger partial charge in [0.05, 0.1) is 5.56 Å². The molecule has 1 amide bonds. The first-order valence-electron chi connectivity index (χ1n) is 6.25. The van der Waals surface area contributed by atoms with Crippen LogP contribution in [0.2, 0.25) is 0 Å². The number of carbonyl (C=O) groups is 2. The van der Waals surface area contributed by atoms with E-state index in [4.69, 9.17) is 9.84 Å². The van der Waals surface area contributed by atoms with Crippen LogP contribution in [0, 0.1) is 0 Å². The van der Waals surface area contributed by atoms with Crippen molar-refractivity contribution >= 4 is 11.9 Å². The number of amides is 1. The smallest absolute Gasteiger partial charge is 0.335 e. The summed E-state index contributed by atoms with van der Waals surface area (Å²) in [4.78, 5) is 22.6. The Morgan fingerprint density at radius 3 is 2.63 bits per heavy atom. The number of methoxy groups -OCH3 is 1. The van der Waals surface area contributed by atoms with Crippen LogP contribution in [0.5, 0.6) is 0 Å². The summed E-state index contributed by atoms with van der Waals surface area (Å²) in [6.07, 6.45) is 2.85. The van der Waals surface area contributed by atoms with Gasteiger partial charge in [-0.1, -0.05) is 6.07 Å². The molecule has 0 heterocycles. The minimum absolute atomic E-state index is 0.118. The molecule has 0 atom stereocenters. The highest BCUT2D eigenvalue weighted by molar-refractivity contribution is 5.97. The van der Waals surface area contributed by atoms with Crippen LogP contribution in [0.1, 0.15) is 40.0 Å². The molecule has 104 valence electrons. The maximum absolute atomic E-state index is 11.8. The first-order chi connectivity index (χ1) is 9.15. The normalized spacial score (nSPS) is 10.2. The summed E-state index contributed by atoms with van der Waals surface area (Å²) in [7, 11) is 1.66. The number of ether oxygens (including phenoxy) is 1. The van der Waals surface area contributed by atoms with E-state index in [0.29, 0.717) is 12.1 Å². The number of nitrogens with one attached hydrogen (secondary N) is 1. The summed E-state index contributed by atoms with van der Waals surface area (Å²) in [5, 5.41) is 11.6. The monoisotopic (exact) mass is 265 g/mol. The third-order valence-electron chi connectivity index (χ3n) is 2.68. The fourth-order valence-electron chi connectivity index (χ4n) is 1.65. The van der Waals surface area contributed by atoms with E-state index >= 15 is 0 Å². The van der Waals surface area contributed by atoms with Crippen LogP contribution in [0.3, 0.4) is 0 Å². The fourth-order valence-corrected chi connectivity index (χ4v) is 1.65. The van der Waals surface area contributed by atoms with Crippen molar-refractivity contribution in [1.82, 2.24) is 5.32 Å². The molecule has 0 radical (unpaired) electrons. The van der Waals surface area contributed by atoms with Crippen molar-refractivity contribution in [2.45, 2.75) is 19.3 Å². The molecule has 1 aromatic carbocycles. The number of benzene rings is 1. The lowest BCUT2D eigenvalue weighted by atomic mass is 10.1. The molecule has 0 aliphatic heterocycles. The van der Waals surface area contributed by atoms with Crippen LogP contribution in [0.15, 0.2) is 24.3 Å². The molecule has 2 N–H and O–H groups in total. The van der Waals surface area contributed by atoms with Gasteiger partial charge in [-0.3, -0.25) is 4.79 Å². The summed E-state index contributed by atoms with van der Waals surface area (Å²) in [5.74, 6) is -1.27. The Bertz CT molecular complexity index is 431. The Morgan fingerprint density at radius 2 is 1.95 bits per heavy atom. The average Bonchev–Trinajstić information content (AvgIpc) is 2.42. The van der Waals surface area contributed by atoms with E-state index in [2.05, 4.69) is 5.32 Å². The van der Waals surface area contributed by atoms with Gasteiger partial charge in [-0.15, -0.1) is 0 Å². The quantitative estimate of drug-likeness (QED) is 0.704. The Kier molecular flexibility index (Phi) is 6.60. The topological polar surface area (TPSA) is 75.6 Å². The number of carbonyl (C=O) groups excluding carboxylic acids is 1. The molecule has 0 unspecified atom stereocenters. The summed E-state index contributed by atoms with van der Waals surface area (Å²) >= 11 is 0. The molecule has 1 aromatic rings.